The Morgan fingerprint density at radius 2 is 1.44 bits per heavy atom. The molecule has 4 aromatic carbocycles. The van der Waals surface area contributed by atoms with E-state index in [4.69, 9.17) is 16.3 Å². The SMILES string of the molecule is O=S(=O)(c1c(C(c2ccc(O)cc2)c2ccc(O)cc2)c2ccccc2n1CCN1CCOCC1)C1CN(c2ccccc2Cl)CCN1. The Morgan fingerprint density at radius 3 is 2.10 bits per heavy atom. The van der Waals surface area contributed by atoms with Crippen molar-refractivity contribution in [2.24, 2.45) is 0 Å². The van der Waals surface area contributed by atoms with E-state index in [0.29, 0.717) is 50.0 Å². The highest BCUT2D eigenvalue weighted by atomic mass is 35.5. The average molecular weight is 687 g/mol. The summed E-state index contributed by atoms with van der Waals surface area (Å²) < 4.78 is 38.2. The monoisotopic (exact) mass is 686 g/mol. The lowest BCUT2D eigenvalue weighted by Crippen LogP contribution is -2.54. The van der Waals surface area contributed by atoms with Gasteiger partial charge >= 0.3 is 0 Å². The second-order valence-corrected chi connectivity index (χ2v) is 14.8. The fourth-order valence-electron chi connectivity index (χ4n) is 7.03. The van der Waals surface area contributed by atoms with E-state index in [1.807, 2.05) is 82.3 Å². The molecule has 48 heavy (non-hydrogen) atoms. The maximum atomic E-state index is 15.3. The van der Waals surface area contributed by atoms with Crippen molar-refractivity contribution in [3.05, 3.63) is 119 Å². The Kier molecular flexibility index (Phi) is 9.35. The van der Waals surface area contributed by atoms with E-state index in [2.05, 4.69) is 10.2 Å². The van der Waals surface area contributed by atoms with Crippen LogP contribution in [0, 0.1) is 0 Å². The number of nitrogens with zero attached hydrogens (tertiary/aromatic N) is 3. The minimum absolute atomic E-state index is 0.120. The zero-order valence-electron chi connectivity index (χ0n) is 26.5. The third-order valence-electron chi connectivity index (χ3n) is 9.42. The van der Waals surface area contributed by atoms with Crippen LogP contribution in [0.25, 0.3) is 10.9 Å². The molecule has 1 aromatic heterocycles. The predicted molar refractivity (Wildman–Crippen MR) is 189 cm³/mol. The molecule has 7 rings (SSSR count). The molecule has 0 spiro atoms. The van der Waals surface area contributed by atoms with Crippen LogP contribution in [0.1, 0.15) is 22.6 Å². The topological polar surface area (TPSA) is 107 Å². The number of aromatic nitrogens is 1. The van der Waals surface area contributed by atoms with E-state index in [0.717, 1.165) is 40.8 Å². The first-order valence-electron chi connectivity index (χ1n) is 16.3. The van der Waals surface area contributed by atoms with Crippen LogP contribution in [-0.2, 0) is 21.1 Å². The first kappa shape index (κ1) is 32.5. The number of piperazine rings is 1. The summed E-state index contributed by atoms with van der Waals surface area (Å²) in [5.41, 5.74) is 3.95. The fourth-order valence-corrected chi connectivity index (χ4v) is 9.30. The number of morpholine rings is 1. The van der Waals surface area contributed by atoms with Gasteiger partial charge in [0.05, 0.1) is 23.9 Å². The number of hydrogen-bond donors (Lipinski definition) is 3. The van der Waals surface area contributed by atoms with Crippen LogP contribution >= 0.6 is 11.6 Å². The number of phenolic OH excluding ortho intramolecular Hbond substituents is 2. The van der Waals surface area contributed by atoms with Crippen molar-refractivity contribution < 1.29 is 23.4 Å². The van der Waals surface area contributed by atoms with Crippen molar-refractivity contribution >= 4 is 38.0 Å². The Morgan fingerprint density at radius 1 is 0.812 bits per heavy atom. The zero-order valence-corrected chi connectivity index (χ0v) is 28.1. The predicted octanol–water partition coefficient (Wildman–Crippen LogP) is 5.43. The molecule has 1 atom stereocenters. The molecule has 2 saturated heterocycles. The molecule has 250 valence electrons. The first-order chi connectivity index (χ1) is 23.3. The Bertz CT molecular complexity index is 1950. The van der Waals surface area contributed by atoms with E-state index in [9.17, 15) is 10.2 Å². The molecule has 9 nitrogen and oxygen atoms in total. The Labute approximate surface area is 285 Å². The molecule has 2 fully saturated rings. The molecule has 0 saturated carbocycles. The van der Waals surface area contributed by atoms with Gasteiger partial charge in [0.25, 0.3) is 0 Å². The van der Waals surface area contributed by atoms with Crippen LogP contribution in [0.3, 0.4) is 0 Å². The largest absolute Gasteiger partial charge is 0.508 e. The lowest BCUT2D eigenvalue weighted by Gasteiger charge is -2.36. The molecule has 3 N–H and O–H groups in total. The standard InChI is InChI=1S/C37H39ClN4O5S/c38-31-6-2-4-8-33(31)41-18-17-39-34(25-41)48(45,46)37-36(35(26-9-13-28(43)14-10-26)27-11-15-29(44)16-12-27)30-5-1-3-7-32(30)42(37)20-19-40-21-23-47-24-22-40/h1-16,34-35,39,43-44H,17-25H2. The van der Waals surface area contributed by atoms with Crippen LogP contribution in [0.15, 0.2) is 102 Å². The van der Waals surface area contributed by atoms with Crippen LogP contribution in [0.4, 0.5) is 5.69 Å². The highest BCUT2D eigenvalue weighted by Crippen LogP contribution is 2.44. The van der Waals surface area contributed by atoms with Gasteiger partial charge in [-0.2, -0.15) is 0 Å². The molecule has 0 aliphatic carbocycles. The lowest BCUT2D eigenvalue weighted by atomic mass is 9.85. The van der Waals surface area contributed by atoms with Crippen LogP contribution in [-0.4, -0.2) is 86.0 Å². The number of aromatic hydroxyl groups is 2. The third-order valence-corrected chi connectivity index (χ3v) is 11.8. The first-order valence-corrected chi connectivity index (χ1v) is 18.2. The van der Waals surface area contributed by atoms with Crippen molar-refractivity contribution in [3.8, 4) is 11.5 Å². The highest BCUT2D eigenvalue weighted by Gasteiger charge is 2.40. The number of nitrogens with one attached hydrogen (secondary N) is 1. The maximum absolute atomic E-state index is 15.3. The zero-order chi connectivity index (χ0) is 33.3. The van der Waals surface area contributed by atoms with E-state index in [-0.39, 0.29) is 23.1 Å². The number of fused-ring (bicyclic) bond motifs is 1. The Hall–Kier alpha value is -4.06. The quantitative estimate of drug-likeness (QED) is 0.189. The minimum Gasteiger partial charge on any atom is -0.508 e. The molecular formula is C37H39ClN4O5S. The van der Waals surface area contributed by atoms with Gasteiger partial charge in [0.2, 0.25) is 9.84 Å². The lowest BCUT2D eigenvalue weighted by molar-refractivity contribution is 0.0362. The van der Waals surface area contributed by atoms with Crippen molar-refractivity contribution in [2.75, 3.05) is 57.4 Å². The molecule has 5 aromatic rings. The highest BCUT2D eigenvalue weighted by molar-refractivity contribution is 7.92. The second kappa shape index (κ2) is 13.8. The fraction of sp³-hybridized carbons (Fsp3) is 0.297. The van der Waals surface area contributed by atoms with Gasteiger partial charge < -0.3 is 24.4 Å². The van der Waals surface area contributed by atoms with Crippen LogP contribution in [0.2, 0.25) is 5.02 Å². The molecule has 1 unspecified atom stereocenters. The number of para-hydroxylation sites is 2. The van der Waals surface area contributed by atoms with Crippen molar-refractivity contribution in [1.29, 1.82) is 0 Å². The molecule has 11 heteroatoms. The van der Waals surface area contributed by atoms with Gasteiger partial charge in [-0.1, -0.05) is 66.2 Å². The van der Waals surface area contributed by atoms with Crippen molar-refractivity contribution in [1.82, 2.24) is 14.8 Å². The number of phenols is 2. The molecular weight excluding hydrogens is 648 g/mol. The number of ether oxygens (including phenoxy) is 1. The average Bonchev–Trinajstić information content (AvgIpc) is 3.44. The van der Waals surface area contributed by atoms with Crippen LogP contribution < -0.4 is 10.2 Å². The number of hydrogen-bond acceptors (Lipinski definition) is 8. The molecule has 0 radical (unpaired) electrons. The van der Waals surface area contributed by atoms with Crippen molar-refractivity contribution in [3.63, 3.8) is 0 Å². The number of rotatable bonds is 9. The smallest absolute Gasteiger partial charge is 0.211 e. The normalized spacial score (nSPS) is 17.7. The molecule has 3 heterocycles. The molecule has 2 aliphatic heterocycles. The summed E-state index contributed by atoms with van der Waals surface area (Å²) in [4.78, 5) is 4.35. The summed E-state index contributed by atoms with van der Waals surface area (Å²) in [6.45, 7) is 5.31. The molecule has 2 aliphatic rings. The molecule has 0 amide bonds. The third kappa shape index (κ3) is 6.38. The van der Waals surface area contributed by atoms with Gasteiger partial charge in [0, 0.05) is 68.2 Å². The van der Waals surface area contributed by atoms with E-state index < -0.39 is 21.1 Å². The van der Waals surface area contributed by atoms with Gasteiger partial charge in [-0.25, -0.2) is 8.42 Å². The number of halogens is 1. The summed E-state index contributed by atoms with van der Waals surface area (Å²) in [6, 6.07) is 29.2. The number of sulfone groups is 1. The van der Waals surface area contributed by atoms with Gasteiger partial charge in [0.1, 0.15) is 21.9 Å². The van der Waals surface area contributed by atoms with Crippen LogP contribution in [0.5, 0.6) is 11.5 Å². The number of anilines is 1. The van der Waals surface area contributed by atoms with E-state index in [1.54, 1.807) is 24.3 Å². The van der Waals surface area contributed by atoms with Gasteiger partial charge in [-0.05, 0) is 53.6 Å². The number of benzene rings is 4. The summed E-state index contributed by atoms with van der Waals surface area (Å²) in [6.07, 6.45) is 0. The summed E-state index contributed by atoms with van der Waals surface area (Å²) >= 11 is 6.59. The van der Waals surface area contributed by atoms with Gasteiger partial charge in [-0.3, -0.25) is 10.2 Å². The maximum Gasteiger partial charge on any atom is 0.211 e. The molecule has 0 bridgehead atoms. The second-order valence-electron chi connectivity index (χ2n) is 12.3. The van der Waals surface area contributed by atoms with E-state index in [1.165, 1.54) is 0 Å². The Balaban J connectivity index is 1.43. The van der Waals surface area contributed by atoms with Gasteiger partial charge in [0.15, 0.2) is 0 Å². The summed E-state index contributed by atoms with van der Waals surface area (Å²) in [5, 5.41) is 24.5. The minimum atomic E-state index is -4.04. The van der Waals surface area contributed by atoms with Crippen molar-refractivity contribution in [2.45, 2.75) is 22.9 Å². The van der Waals surface area contributed by atoms with E-state index >= 15 is 8.42 Å². The summed E-state index contributed by atoms with van der Waals surface area (Å²) in [5.74, 6) is -0.279. The van der Waals surface area contributed by atoms with Gasteiger partial charge in [-0.15, -0.1) is 0 Å². The summed E-state index contributed by atoms with van der Waals surface area (Å²) in [7, 11) is -4.04.